The van der Waals surface area contributed by atoms with Gasteiger partial charge >= 0.3 is 5.97 Å². The van der Waals surface area contributed by atoms with Crippen molar-refractivity contribution >= 4 is 17.7 Å². The summed E-state index contributed by atoms with van der Waals surface area (Å²) in [6.07, 6.45) is 17.5. The molecule has 1 aliphatic heterocycles. The van der Waals surface area contributed by atoms with Gasteiger partial charge in [-0.15, -0.1) is 0 Å². The second kappa shape index (κ2) is 17.6. The predicted molar refractivity (Wildman–Crippen MR) is 163 cm³/mol. The second-order valence-electron chi connectivity index (χ2n) is 11.5. The van der Waals surface area contributed by atoms with Crippen molar-refractivity contribution in [1.82, 2.24) is 5.32 Å². The molecular weight excluding hydrogens is 502 g/mol. The van der Waals surface area contributed by atoms with Crippen molar-refractivity contribution in [2.75, 3.05) is 6.54 Å². The van der Waals surface area contributed by atoms with Gasteiger partial charge in [0.05, 0.1) is 6.10 Å². The number of aliphatic hydroxyl groups is 1. The molecule has 0 bridgehead atoms. The topological polar surface area (TPSA) is 92.7 Å². The standard InChI is InChI=1S/C34H51NO5/c1-10-35-31(36)21-25(5)20-28(8)34(39)29(9)33(38)27(7)19-23(3)13-11-12-22(2)18-24(4)14-16-30-26(6)15-17-32(37)40-30/h11,13-19,21-22,26-30,34,39H,10,12,20H2,1-9H3,(H,35,36)/b13-11+,16-14+,23-19+,24-18-,25-21+/t22-,26+,27-,28+,29-,30+,34-/m1/s1. The lowest BCUT2D eigenvalue weighted by atomic mass is 9.83. The van der Waals surface area contributed by atoms with Gasteiger partial charge < -0.3 is 15.2 Å². The number of esters is 1. The number of likely N-dealkylation sites (N-methyl/N-ethyl adjacent to an activating group) is 1. The Kier molecular flexibility index (Phi) is 15.5. The summed E-state index contributed by atoms with van der Waals surface area (Å²) in [5.41, 5.74) is 3.00. The summed E-state index contributed by atoms with van der Waals surface area (Å²) < 4.78 is 5.36. The number of rotatable bonds is 15. The number of carbonyl (C=O) groups excluding carboxylic acids is 3. The van der Waals surface area contributed by atoms with Crippen molar-refractivity contribution in [3.8, 4) is 0 Å². The van der Waals surface area contributed by atoms with Gasteiger partial charge in [-0.2, -0.15) is 0 Å². The summed E-state index contributed by atoms with van der Waals surface area (Å²) in [4.78, 5) is 36.3. The number of ether oxygens (including phenoxy) is 1. The summed E-state index contributed by atoms with van der Waals surface area (Å²) in [5.74, 6) is -0.922. The molecule has 0 unspecified atom stereocenters. The van der Waals surface area contributed by atoms with Crippen LogP contribution in [0, 0.1) is 29.6 Å². The second-order valence-corrected chi connectivity index (χ2v) is 11.5. The first-order chi connectivity index (χ1) is 18.7. The number of allylic oxidation sites excluding steroid dienone is 8. The van der Waals surface area contributed by atoms with Crippen LogP contribution in [-0.4, -0.2) is 41.5 Å². The molecule has 1 aliphatic rings. The molecule has 0 spiro atoms. The molecule has 0 aromatic rings. The van der Waals surface area contributed by atoms with Crippen molar-refractivity contribution in [2.24, 2.45) is 29.6 Å². The highest BCUT2D eigenvalue weighted by molar-refractivity contribution is 5.88. The lowest BCUT2D eigenvalue weighted by molar-refractivity contribution is -0.143. The van der Waals surface area contributed by atoms with Crippen LogP contribution in [0.3, 0.4) is 0 Å². The minimum Gasteiger partial charge on any atom is -0.454 e. The van der Waals surface area contributed by atoms with E-state index in [4.69, 9.17) is 4.74 Å². The Morgan fingerprint density at radius 3 is 2.38 bits per heavy atom. The van der Waals surface area contributed by atoms with Crippen molar-refractivity contribution < 1.29 is 24.2 Å². The number of carbonyl (C=O) groups is 3. The molecule has 0 fully saturated rings. The molecular formula is C34H51NO5. The molecule has 1 heterocycles. The zero-order valence-electron chi connectivity index (χ0n) is 25.9. The van der Waals surface area contributed by atoms with Crippen LogP contribution in [0.15, 0.2) is 71.4 Å². The summed E-state index contributed by atoms with van der Waals surface area (Å²) in [6, 6.07) is 0. The van der Waals surface area contributed by atoms with Crippen LogP contribution in [-0.2, 0) is 19.1 Å². The average Bonchev–Trinajstić information content (AvgIpc) is 2.87. The Morgan fingerprint density at radius 1 is 1.07 bits per heavy atom. The molecule has 6 heteroatoms. The Balaban J connectivity index is 2.63. The molecule has 0 radical (unpaired) electrons. The van der Waals surface area contributed by atoms with Gasteiger partial charge in [0.25, 0.3) is 0 Å². The smallest absolute Gasteiger partial charge is 0.331 e. The third kappa shape index (κ3) is 12.9. The highest BCUT2D eigenvalue weighted by Gasteiger charge is 2.29. The van der Waals surface area contributed by atoms with Gasteiger partial charge in [0, 0.05) is 36.5 Å². The van der Waals surface area contributed by atoms with Crippen molar-refractivity contribution in [2.45, 2.75) is 87.4 Å². The monoisotopic (exact) mass is 553 g/mol. The van der Waals surface area contributed by atoms with E-state index in [9.17, 15) is 19.5 Å². The fourth-order valence-corrected chi connectivity index (χ4v) is 4.87. The van der Waals surface area contributed by atoms with Gasteiger partial charge in [-0.05, 0) is 58.4 Å². The van der Waals surface area contributed by atoms with E-state index >= 15 is 0 Å². The van der Waals surface area contributed by atoms with E-state index in [0.717, 1.165) is 23.1 Å². The number of hydrogen-bond donors (Lipinski definition) is 2. The van der Waals surface area contributed by atoms with E-state index in [0.29, 0.717) is 18.9 Å². The van der Waals surface area contributed by atoms with E-state index in [2.05, 4.69) is 24.4 Å². The molecule has 1 rings (SSSR count). The van der Waals surface area contributed by atoms with Crippen LogP contribution in [0.4, 0.5) is 0 Å². The molecule has 6 nitrogen and oxygen atoms in total. The van der Waals surface area contributed by atoms with Gasteiger partial charge in [0.2, 0.25) is 5.91 Å². The van der Waals surface area contributed by atoms with Crippen molar-refractivity contribution in [3.05, 3.63) is 71.4 Å². The molecule has 40 heavy (non-hydrogen) atoms. The lowest BCUT2D eigenvalue weighted by Gasteiger charge is -2.25. The number of ketones is 1. The van der Waals surface area contributed by atoms with Crippen LogP contribution in [0.5, 0.6) is 0 Å². The normalized spacial score (nSPS) is 22.6. The first kappa shape index (κ1) is 35.0. The number of aliphatic hydroxyl groups excluding tert-OH is 1. The fraction of sp³-hybridized carbons (Fsp3) is 0.559. The third-order valence-corrected chi connectivity index (χ3v) is 7.17. The number of Topliss-reactive ketones (excluding diaryl/α,β-unsaturated/α-hetero) is 1. The Labute approximate surface area is 242 Å². The quantitative estimate of drug-likeness (QED) is 0.138. The van der Waals surface area contributed by atoms with Gasteiger partial charge in [-0.1, -0.05) is 87.8 Å². The Morgan fingerprint density at radius 2 is 1.73 bits per heavy atom. The zero-order valence-corrected chi connectivity index (χ0v) is 25.9. The minimum atomic E-state index is -0.786. The fourth-order valence-electron chi connectivity index (χ4n) is 4.87. The third-order valence-electron chi connectivity index (χ3n) is 7.17. The van der Waals surface area contributed by atoms with Gasteiger partial charge in [0.15, 0.2) is 0 Å². The first-order valence-corrected chi connectivity index (χ1v) is 14.5. The first-order valence-electron chi connectivity index (χ1n) is 14.5. The average molecular weight is 554 g/mol. The molecule has 0 aromatic carbocycles. The molecule has 1 amide bonds. The number of nitrogens with one attached hydrogen (secondary N) is 1. The van der Waals surface area contributed by atoms with E-state index in [-0.39, 0.29) is 41.5 Å². The Bertz CT molecular complexity index is 1040. The van der Waals surface area contributed by atoms with E-state index in [1.54, 1.807) is 13.0 Å². The molecule has 0 aromatic heterocycles. The molecule has 0 saturated heterocycles. The molecule has 0 saturated carbocycles. The van der Waals surface area contributed by atoms with E-state index < -0.39 is 12.0 Å². The van der Waals surface area contributed by atoms with Gasteiger partial charge in [0.1, 0.15) is 11.9 Å². The molecule has 222 valence electrons. The number of cyclic esters (lactones) is 1. The molecule has 2 N–H and O–H groups in total. The van der Waals surface area contributed by atoms with Crippen LogP contribution in [0.2, 0.25) is 0 Å². The maximum absolute atomic E-state index is 13.0. The maximum Gasteiger partial charge on any atom is 0.331 e. The summed E-state index contributed by atoms with van der Waals surface area (Å²) in [7, 11) is 0. The molecule has 0 aliphatic carbocycles. The summed E-state index contributed by atoms with van der Waals surface area (Å²) in [6.45, 7) is 18.1. The van der Waals surface area contributed by atoms with Crippen LogP contribution in [0.25, 0.3) is 0 Å². The highest BCUT2D eigenvalue weighted by Crippen LogP contribution is 2.24. The van der Waals surface area contributed by atoms with Crippen molar-refractivity contribution in [3.63, 3.8) is 0 Å². The van der Waals surface area contributed by atoms with Crippen LogP contribution >= 0.6 is 0 Å². The van der Waals surface area contributed by atoms with Gasteiger partial charge in [-0.25, -0.2) is 4.79 Å². The largest absolute Gasteiger partial charge is 0.454 e. The van der Waals surface area contributed by atoms with E-state index in [1.165, 1.54) is 6.08 Å². The SMILES string of the molecule is CCNC(=O)/C=C(\C)C[C@H](C)[C@@H](O)[C@H](C)C(=O)[C@H](C)/C=C(C)/C=C/C[C@@H](C)/C=C(C)\C=C\[C@@H]1OC(=O)C=C[C@@H]1C. The summed E-state index contributed by atoms with van der Waals surface area (Å²) in [5, 5.41) is 13.6. The zero-order chi connectivity index (χ0) is 30.4. The summed E-state index contributed by atoms with van der Waals surface area (Å²) >= 11 is 0. The van der Waals surface area contributed by atoms with Crippen LogP contribution < -0.4 is 5.32 Å². The minimum absolute atomic E-state index is 0.00428. The number of hydrogen-bond acceptors (Lipinski definition) is 5. The predicted octanol–water partition coefficient (Wildman–Crippen LogP) is 6.45. The highest BCUT2D eigenvalue weighted by atomic mass is 16.5. The van der Waals surface area contributed by atoms with Crippen LogP contribution in [0.1, 0.15) is 75.2 Å². The van der Waals surface area contributed by atoms with Crippen molar-refractivity contribution in [1.29, 1.82) is 0 Å². The number of amides is 1. The van der Waals surface area contributed by atoms with Gasteiger partial charge in [-0.3, -0.25) is 9.59 Å². The van der Waals surface area contributed by atoms with E-state index in [1.807, 2.05) is 78.8 Å². The Hall–Kier alpha value is -2.99. The molecule has 7 atom stereocenters. The lowest BCUT2D eigenvalue weighted by Crippen LogP contribution is -2.34. The maximum atomic E-state index is 13.0.